The average Bonchev–Trinajstić information content (AvgIpc) is 3.13. The number of nitrogens with zero attached hydrogens (tertiary/aromatic N) is 3. The van der Waals surface area contributed by atoms with E-state index in [1.54, 1.807) is 30.3 Å². The Kier molecular flexibility index (Phi) is 12.1. The third kappa shape index (κ3) is 8.86. The van der Waals surface area contributed by atoms with E-state index in [0.29, 0.717) is 29.0 Å². The summed E-state index contributed by atoms with van der Waals surface area (Å²) in [7, 11) is 0. The zero-order chi connectivity index (χ0) is 34.9. The molecule has 0 amide bonds. The largest absolute Gasteiger partial charge is 0.507 e. The van der Waals surface area contributed by atoms with Crippen LogP contribution in [0.4, 0.5) is 5.69 Å². The molecule has 49 heavy (non-hydrogen) atoms. The van der Waals surface area contributed by atoms with Crippen LogP contribution >= 0.6 is 0 Å². The van der Waals surface area contributed by atoms with Crippen molar-refractivity contribution >= 4 is 22.8 Å². The highest BCUT2D eigenvalue weighted by Crippen LogP contribution is 2.32. The Morgan fingerprint density at radius 3 is 2.24 bits per heavy atom. The number of hydrogen-bond donors (Lipinski definition) is 5. The number of para-hydroxylation sites is 1. The molecule has 258 valence electrons. The molecule has 1 unspecified atom stereocenters. The first-order valence-corrected chi connectivity index (χ1v) is 17.9. The quantitative estimate of drug-likeness (QED) is 0.119. The second kappa shape index (κ2) is 16.6. The van der Waals surface area contributed by atoms with Gasteiger partial charge in [-0.1, -0.05) is 57.3 Å². The summed E-state index contributed by atoms with van der Waals surface area (Å²) in [6.07, 6.45) is 11.4. The van der Waals surface area contributed by atoms with E-state index in [2.05, 4.69) is 58.7 Å². The van der Waals surface area contributed by atoms with Gasteiger partial charge in [0, 0.05) is 65.2 Å². The summed E-state index contributed by atoms with van der Waals surface area (Å²) in [4.78, 5) is 10.00. The molecule has 1 atom stereocenters. The number of piperidine rings is 3. The van der Waals surface area contributed by atoms with E-state index in [1.165, 1.54) is 18.4 Å². The van der Waals surface area contributed by atoms with Gasteiger partial charge in [0.25, 0.3) is 0 Å². The van der Waals surface area contributed by atoms with Gasteiger partial charge in [0.2, 0.25) is 0 Å². The number of amidine groups is 1. The molecule has 3 fully saturated rings. The van der Waals surface area contributed by atoms with Gasteiger partial charge < -0.3 is 31.4 Å². The molecule has 0 saturated carbocycles. The minimum absolute atomic E-state index is 0.0324. The van der Waals surface area contributed by atoms with Crippen LogP contribution in [0.15, 0.2) is 97.5 Å². The van der Waals surface area contributed by atoms with Crippen molar-refractivity contribution < 1.29 is 5.11 Å². The van der Waals surface area contributed by atoms with E-state index < -0.39 is 0 Å². The van der Waals surface area contributed by atoms with Crippen LogP contribution in [0, 0.1) is 16.7 Å². The predicted octanol–water partition coefficient (Wildman–Crippen LogP) is 7.62. The van der Waals surface area contributed by atoms with Crippen LogP contribution in [0.25, 0.3) is 5.57 Å². The fourth-order valence-corrected chi connectivity index (χ4v) is 7.37. The number of phenolic OH excluding ortho intramolecular Hbond substituents is 1. The first-order chi connectivity index (χ1) is 23.7. The first-order valence-electron chi connectivity index (χ1n) is 17.9. The summed E-state index contributed by atoms with van der Waals surface area (Å²) in [5, 5.41) is 30.0. The Morgan fingerprint density at radius 2 is 1.63 bits per heavy atom. The van der Waals surface area contributed by atoms with Crippen molar-refractivity contribution in [3.05, 3.63) is 120 Å². The molecular weight excluding hydrogens is 606 g/mol. The highest BCUT2D eigenvalue weighted by molar-refractivity contribution is 6.27. The SMILES string of the molecule is C=C1CCC(Cc2ccc(C3CCN(C4CCN(c5ccc(/C(=C/C(=N)c6ccccc6O)C(=N)N)cc5)CC4)CC3)cn2)C(=C)N1.CC. The number of pyridine rings is 1. The first kappa shape index (κ1) is 35.6. The molecule has 8 nitrogen and oxygen atoms in total. The number of aromatic hydroxyl groups is 1. The number of anilines is 1. The Labute approximate surface area is 292 Å². The third-order valence-electron chi connectivity index (χ3n) is 10.2. The maximum Gasteiger partial charge on any atom is 0.124 e. The van der Waals surface area contributed by atoms with Crippen molar-refractivity contribution in [1.82, 2.24) is 15.2 Å². The number of nitrogens with one attached hydrogen (secondary N) is 3. The molecule has 3 aromatic rings. The molecule has 4 heterocycles. The molecular formula is C41H53N7O. The summed E-state index contributed by atoms with van der Waals surface area (Å²) in [5.41, 5.74) is 13.5. The number of phenols is 1. The summed E-state index contributed by atoms with van der Waals surface area (Å²) in [6.45, 7) is 16.5. The van der Waals surface area contributed by atoms with E-state index >= 15 is 0 Å². The lowest BCUT2D eigenvalue weighted by Gasteiger charge is -2.42. The van der Waals surface area contributed by atoms with Crippen molar-refractivity contribution in [1.29, 1.82) is 10.8 Å². The number of likely N-dealkylation sites (tertiary alicyclic amines) is 1. The molecule has 6 rings (SSSR count). The third-order valence-corrected chi connectivity index (χ3v) is 10.2. The van der Waals surface area contributed by atoms with Crippen LogP contribution in [0.2, 0.25) is 0 Å². The normalized spacial score (nSPS) is 19.5. The maximum atomic E-state index is 10.1. The Bertz CT molecular complexity index is 1640. The van der Waals surface area contributed by atoms with Crippen molar-refractivity contribution in [3.8, 4) is 5.75 Å². The second-order valence-electron chi connectivity index (χ2n) is 13.3. The van der Waals surface area contributed by atoms with Crippen LogP contribution in [0.1, 0.15) is 80.7 Å². The molecule has 0 aliphatic carbocycles. The Balaban J connectivity index is 0.00000230. The minimum atomic E-state index is -0.109. The van der Waals surface area contributed by atoms with Gasteiger partial charge in [-0.05, 0) is 111 Å². The zero-order valence-electron chi connectivity index (χ0n) is 29.2. The molecule has 6 N–H and O–H groups in total. The summed E-state index contributed by atoms with van der Waals surface area (Å²) < 4.78 is 0. The summed E-state index contributed by atoms with van der Waals surface area (Å²) in [5.74, 6) is 0.928. The van der Waals surface area contributed by atoms with Gasteiger partial charge in [0.1, 0.15) is 11.6 Å². The van der Waals surface area contributed by atoms with E-state index in [-0.39, 0.29) is 17.3 Å². The molecule has 3 saturated heterocycles. The van der Waals surface area contributed by atoms with E-state index in [4.69, 9.17) is 21.5 Å². The van der Waals surface area contributed by atoms with E-state index in [1.807, 2.05) is 26.0 Å². The number of allylic oxidation sites excluding steroid dienone is 3. The van der Waals surface area contributed by atoms with Crippen LogP contribution in [-0.4, -0.2) is 58.8 Å². The van der Waals surface area contributed by atoms with Crippen LogP contribution in [0.5, 0.6) is 5.75 Å². The lowest BCUT2D eigenvalue weighted by Crippen LogP contribution is -2.47. The molecule has 2 aromatic carbocycles. The van der Waals surface area contributed by atoms with Gasteiger partial charge in [-0.15, -0.1) is 0 Å². The van der Waals surface area contributed by atoms with Crippen molar-refractivity contribution in [2.45, 2.75) is 70.8 Å². The monoisotopic (exact) mass is 659 g/mol. The summed E-state index contributed by atoms with van der Waals surface area (Å²) in [6, 6.07) is 20.0. The lowest BCUT2D eigenvalue weighted by atomic mass is 9.87. The molecule has 3 aliphatic heterocycles. The van der Waals surface area contributed by atoms with Gasteiger partial charge in [-0.25, -0.2) is 0 Å². The number of hydrogen-bond acceptors (Lipinski definition) is 7. The van der Waals surface area contributed by atoms with Crippen molar-refractivity contribution in [3.63, 3.8) is 0 Å². The Morgan fingerprint density at radius 1 is 0.939 bits per heavy atom. The predicted molar refractivity (Wildman–Crippen MR) is 203 cm³/mol. The molecule has 8 heteroatoms. The smallest absolute Gasteiger partial charge is 0.124 e. The molecule has 0 bridgehead atoms. The second-order valence-corrected chi connectivity index (χ2v) is 13.3. The van der Waals surface area contributed by atoms with Gasteiger partial charge >= 0.3 is 0 Å². The van der Waals surface area contributed by atoms with Gasteiger partial charge in [-0.2, -0.15) is 0 Å². The van der Waals surface area contributed by atoms with Gasteiger partial charge in [0.05, 0.1) is 5.71 Å². The molecule has 1 aromatic heterocycles. The number of aromatic nitrogens is 1. The fraction of sp³-hybridized carbons (Fsp3) is 0.390. The maximum absolute atomic E-state index is 10.1. The average molecular weight is 660 g/mol. The fourth-order valence-electron chi connectivity index (χ4n) is 7.37. The topological polar surface area (TPSA) is 125 Å². The van der Waals surface area contributed by atoms with E-state index in [9.17, 15) is 5.11 Å². The van der Waals surface area contributed by atoms with Gasteiger partial charge in [-0.3, -0.25) is 10.4 Å². The van der Waals surface area contributed by atoms with Crippen LogP contribution < -0.4 is 16.0 Å². The highest BCUT2D eigenvalue weighted by Gasteiger charge is 2.29. The molecule has 0 radical (unpaired) electrons. The standard InChI is InChI=1S/C39H47N7O.C2H6/c1-26-7-8-30(27(2)44-26)23-32-12-9-31(25-43-32)28-15-19-45(20-16-28)34-17-21-46(22-18-34)33-13-10-29(11-14-33)36(39(41)42)24-37(40)35-5-3-4-6-38(35)47;1-2/h3-6,9-14,24-25,28,30,34,40,44,47H,1-2,7-8,15-23H2,(H3,41,42);1-2H3/b36-24-,40-37?;. The summed E-state index contributed by atoms with van der Waals surface area (Å²) >= 11 is 0. The Hall–Kier alpha value is -4.69. The molecule has 3 aliphatic rings. The highest BCUT2D eigenvalue weighted by atomic mass is 16.3. The minimum Gasteiger partial charge on any atom is -0.507 e. The number of rotatable bonds is 9. The number of nitrogens with two attached hydrogens (primary N) is 1. The van der Waals surface area contributed by atoms with E-state index in [0.717, 1.165) is 86.6 Å². The van der Waals surface area contributed by atoms with Crippen molar-refractivity contribution in [2.24, 2.45) is 11.7 Å². The zero-order valence-corrected chi connectivity index (χ0v) is 29.2. The number of benzene rings is 2. The van der Waals surface area contributed by atoms with Crippen LogP contribution in [-0.2, 0) is 6.42 Å². The molecule has 0 spiro atoms. The van der Waals surface area contributed by atoms with Gasteiger partial charge in [0.15, 0.2) is 0 Å². The lowest BCUT2D eigenvalue weighted by molar-refractivity contribution is 0.132. The van der Waals surface area contributed by atoms with Crippen molar-refractivity contribution in [2.75, 3.05) is 31.1 Å². The van der Waals surface area contributed by atoms with Crippen LogP contribution in [0.3, 0.4) is 0 Å².